The van der Waals surface area contributed by atoms with Gasteiger partial charge in [-0.3, -0.25) is 14.4 Å². The monoisotopic (exact) mass is 462 g/mol. The molecule has 1 unspecified atom stereocenters. The van der Waals surface area contributed by atoms with E-state index in [1.165, 1.54) is 16.9 Å². The highest BCUT2D eigenvalue weighted by Crippen LogP contribution is 2.29. The molecule has 1 aliphatic carbocycles. The van der Waals surface area contributed by atoms with Crippen LogP contribution in [0.15, 0.2) is 60.2 Å². The minimum atomic E-state index is -0.839. The highest BCUT2D eigenvalue weighted by Gasteiger charge is 2.44. The fourth-order valence-corrected chi connectivity index (χ4v) is 4.56. The molecule has 0 radical (unpaired) electrons. The molecule has 0 spiro atoms. The predicted octanol–water partition coefficient (Wildman–Crippen LogP) is 4.37. The first-order valence-corrected chi connectivity index (χ1v) is 11.7. The van der Waals surface area contributed by atoms with Gasteiger partial charge >= 0.3 is 0 Å². The van der Waals surface area contributed by atoms with Gasteiger partial charge in [-0.05, 0) is 80.6 Å². The van der Waals surface area contributed by atoms with Crippen LogP contribution in [0.4, 0.5) is 5.69 Å². The van der Waals surface area contributed by atoms with Crippen LogP contribution >= 0.6 is 0 Å². The fraction of sp³-hybridized carbons (Fsp3) is 0.370. The van der Waals surface area contributed by atoms with Gasteiger partial charge in [0.1, 0.15) is 17.5 Å². The molecular formula is C27H30N2O5. The third kappa shape index (κ3) is 4.98. The smallest absolute Gasteiger partial charge is 0.257 e. The lowest BCUT2D eigenvalue weighted by Gasteiger charge is -2.28. The van der Waals surface area contributed by atoms with E-state index < -0.39 is 6.04 Å². The van der Waals surface area contributed by atoms with Crippen molar-refractivity contribution in [2.24, 2.45) is 0 Å². The van der Waals surface area contributed by atoms with E-state index >= 15 is 0 Å². The summed E-state index contributed by atoms with van der Waals surface area (Å²) in [6, 6.07) is 12.8. The van der Waals surface area contributed by atoms with Crippen LogP contribution in [0, 0.1) is 0 Å². The normalized spacial score (nSPS) is 18.0. The average molecular weight is 463 g/mol. The van der Waals surface area contributed by atoms with Crippen molar-refractivity contribution in [1.29, 1.82) is 0 Å². The van der Waals surface area contributed by atoms with Gasteiger partial charge in [0.15, 0.2) is 0 Å². The zero-order valence-corrected chi connectivity index (χ0v) is 19.7. The lowest BCUT2D eigenvalue weighted by Crippen LogP contribution is -2.46. The summed E-state index contributed by atoms with van der Waals surface area (Å²) in [7, 11) is 3.12. The highest BCUT2D eigenvalue weighted by atomic mass is 16.5. The average Bonchev–Trinajstić information content (AvgIpc) is 3.18. The third-order valence-corrected chi connectivity index (χ3v) is 6.49. The van der Waals surface area contributed by atoms with Crippen molar-refractivity contribution in [2.45, 2.75) is 44.6 Å². The molecule has 2 aliphatic rings. The molecule has 34 heavy (non-hydrogen) atoms. The number of rotatable bonds is 8. The highest BCUT2D eigenvalue weighted by molar-refractivity contribution is 6.23. The van der Waals surface area contributed by atoms with Crippen LogP contribution in [0.2, 0.25) is 0 Å². The number of carbonyl (C=O) groups excluding carboxylic acids is 3. The lowest BCUT2D eigenvalue weighted by atomic mass is 9.96. The number of ether oxygens (including phenoxy) is 2. The first kappa shape index (κ1) is 23.5. The van der Waals surface area contributed by atoms with Gasteiger partial charge in [-0.15, -0.1) is 0 Å². The standard InChI is InChI=1S/C27H30N2O5/c1-33-22-12-8-20(9-13-22)26(31)28(17-16-19-6-4-3-5-7-19)24-18-25(30)29(27(24)32)21-10-14-23(34-2)15-11-21/h6,8-15,24H,3-5,7,16-18H2,1-2H3. The summed E-state index contributed by atoms with van der Waals surface area (Å²) in [6.45, 7) is 0.386. The molecule has 1 atom stereocenters. The molecule has 4 rings (SSSR count). The summed E-state index contributed by atoms with van der Waals surface area (Å²) in [5.74, 6) is 0.325. The number of allylic oxidation sites excluding steroid dienone is 1. The number of hydrogen-bond acceptors (Lipinski definition) is 5. The minimum Gasteiger partial charge on any atom is -0.497 e. The number of methoxy groups -OCH3 is 2. The molecule has 7 nitrogen and oxygen atoms in total. The molecule has 1 fully saturated rings. The largest absolute Gasteiger partial charge is 0.497 e. The van der Waals surface area contributed by atoms with Crippen LogP contribution in [-0.4, -0.2) is 49.4 Å². The number of imide groups is 1. The van der Waals surface area contributed by atoms with Crippen molar-refractivity contribution >= 4 is 23.4 Å². The second kappa shape index (κ2) is 10.5. The van der Waals surface area contributed by atoms with Gasteiger partial charge < -0.3 is 14.4 Å². The maximum Gasteiger partial charge on any atom is 0.257 e. The van der Waals surface area contributed by atoms with Crippen molar-refractivity contribution in [3.8, 4) is 11.5 Å². The zero-order valence-electron chi connectivity index (χ0n) is 19.7. The molecule has 2 aromatic rings. The molecule has 1 aliphatic heterocycles. The van der Waals surface area contributed by atoms with Crippen LogP contribution in [0.3, 0.4) is 0 Å². The van der Waals surface area contributed by atoms with Gasteiger partial charge in [-0.1, -0.05) is 11.6 Å². The molecule has 2 aromatic carbocycles. The lowest BCUT2D eigenvalue weighted by molar-refractivity contribution is -0.122. The molecule has 0 bridgehead atoms. The van der Waals surface area contributed by atoms with E-state index in [1.807, 2.05) is 0 Å². The number of carbonyl (C=O) groups is 3. The summed E-state index contributed by atoms with van der Waals surface area (Å²) in [5.41, 5.74) is 2.24. The summed E-state index contributed by atoms with van der Waals surface area (Å²) in [5, 5.41) is 0. The summed E-state index contributed by atoms with van der Waals surface area (Å²) in [4.78, 5) is 42.7. The van der Waals surface area contributed by atoms with E-state index in [2.05, 4.69) is 6.08 Å². The van der Waals surface area contributed by atoms with E-state index in [9.17, 15) is 14.4 Å². The van der Waals surface area contributed by atoms with Crippen LogP contribution in [0.25, 0.3) is 0 Å². The van der Waals surface area contributed by atoms with E-state index in [1.54, 1.807) is 67.7 Å². The molecule has 0 aromatic heterocycles. The Morgan fingerprint density at radius 2 is 1.62 bits per heavy atom. The summed E-state index contributed by atoms with van der Waals surface area (Å²) < 4.78 is 10.4. The summed E-state index contributed by atoms with van der Waals surface area (Å²) >= 11 is 0. The predicted molar refractivity (Wildman–Crippen MR) is 129 cm³/mol. The maximum absolute atomic E-state index is 13.6. The van der Waals surface area contributed by atoms with Crippen molar-refractivity contribution in [1.82, 2.24) is 4.90 Å². The van der Waals surface area contributed by atoms with Crippen LogP contribution in [0.5, 0.6) is 11.5 Å². The molecule has 1 saturated heterocycles. The number of amides is 3. The number of nitrogens with zero attached hydrogens (tertiary/aromatic N) is 2. The molecule has 0 saturated carbocycles. The van der Waals surface area contributed by atoms with Crippen molar-refractivity contribution < 1.29 is 23.9 Å². The molecule has 1 heterocycles. The van der Waals surface area contributed by atoms with Gasteiger partial charge in [-0.2, -0.15) is 0 Å². The Morgan fingerprint density at radius 3 is 2.21 bits per heavy atom. The Hall–Kier alpha value is -3.61. The SMILES string of the molecule is COc1ccc(C(=O)N(CCC2=CCCCC2)C2CC(=O)N(c3ccc(OC)cc3)C2=O)cc1. The Balaban J connectivity index is 1.59. The number of hydrogen-bond donors (Lipinski definition) is 0. The first-order chi connectivity index (χ1) is 16.5. The van der Waals surface area contributed by atoms with Crippen LogP contribution < -0.4 is 14.4 Å². The van der Waals surface area contributed by atoms with Crippen LogP contribution in [-0.2, 0) is 9.59 Å². The topological polar surface area (TPSA) is 76.2 Å². The fourth-order valence-electron chi connectivity index (χ4n) is 4.56. The van der Waals surface area contributed by atoms with E-state index in [4.69, 9.17) is 9.47 Å². The molecular weight excluding hydrogens is 432 g/mol. The van der Waals surface area contributed by atoms with Gasteiger partial charge in [0.25, 0.3) is 11.8 Å². The Morgan fingerprint density at radius 1 is 0.971 bits per heavy atom. The Kier molecular flexibility index (Phi) is 7.30. The van der Waals surface area contributed by atoms with Gasteiger partial charge in [0.05, 0.1) is 26.3 Å². The minimum absolute atomic E-state index is 0.0359. The molecule has 3 amide bonds. The second-order valence-electron chi connectivity index (χ2n) is 8.57. The number of anilines is 1. The maximum atomic E-state index is 13.6. The third-order valence-electron chi connectivity index (χ3n) is 6.49. The van der Waals surface area contributed by atoms with E-state index in [0.717, 1.165) is 19.3 Å². The van der Waals surface area contributed by atoms with E-state index in [0.29, 0.717) is 35.7 Å². The second-order valence-corrected chi connectivity index (χ2v) is 8.57. The Labute approximate surface area is 199 Å². The van der Waals surface area contributed by atoms with E-state index in [-0.39, 0.29) is 24.1 Å². The zero-order chi connectivity index (χ0) is 24.1. The molecule has 0 N–H and O–H groups in total. The molecule has 7 heteroatoms. The van der Waals surface area contributed by atoms with Crippen molar-refractivity contribution in [3.05, 3.63) is 65.7 Å². The van der Waals surface area contributed by atoms with Crippen molar-refractivity contribution in [2.75, 3.05) is 25.7 Å². The van der Waals surface area contributed by atoms with Gasteiger partial charge in [-0.25, -0.2) is 4.90 Å². The molecule has 178 valence electrons. The Bertz CT molecular complexity index is 1080. The van der Waals surface area contributed by atoms with Gasteiger partial charge in [0.2, 0.25) is 5.91 Å². The summed E-state index contributed by atoms with van der Waals surface area (Å²) in [6.07, 6.45) is 7.29. The van der Waals surface area contributed by atoms with Gasteiger partial charge in [0, 0.05) is 12.1 Å². The van der Waals surface area contributed by atoms with Crippen molar-refractivity contribution in [3.63, 3.8) is 0 Å². The first-order valence-electron chi connectivity index (χ1n) is 11.7. The number of benzene rings is 2. The van der Waals surface area contributed by atoms with Crippen LogP contribution in [0.1, 0.15) is 48.9 Å². The quantitative estimate of drug-likeness (QED) is 0.430.